The Labute approximate surface area is 96.1 Å². The Balaban J connectivity index is 2.58. The van der Waals surface area contributed by atoms with E-state index in [1.165, 1.54) is 16.7 Å². The third kappa shape index (κ3) is 2.06. The number of aromatic nitrogens is 1. The number of aryl methyl sites for hydroxylation is 3. The summed E-state index contributed by atoms with van der Waals surface area (Å²) in [5.41, 5.74) is 11.7. The summed E-state index contributed by atoms with van der Waals surface area (Å²) < 4.78 is 0. The Morgan fingerprint density at radius 1 is 0.938 bits per heavy atom. The van der Waals surface area contributed by atoms with Gasteiger partial charge in [0.25, 0.3) is 0 Å². The second kappa shape index (κ2) is 3.97. The third-order valence-corrected chi connectivity index (χ3v) is 2.66. The zero-order chi connectivity index (χ0) is 11.7. The molecule has 0 fully saturated rings. The van der Waals surface area contributed by atoms with Crippen LogP contribution in [0.15, 0.2) is 30.5 Å². The maximum Gasteiger partial charge on any atom is 0.123 e. The maximum atomic E-state index is 5.65. The highest BCUT2D eigenvalue weighted by Gasteiger charge is 2.04. The van der Waals surface area contributed by atoms with E-state index < -0.39 is 0 Å². The summed E-state index contributed by atoms with van der Waals surface area (Å²) >= 11 is 0. The minimum Gasteiger partial charge on any atom is -0.384 e. The average molecular weight is 212 g/mol. The van der Waals surface area contributed by atoms with Crippen molar-refractivity contribution >= 4 is 5.82 Å². The molecule has 2 rings (SSSR count). The van der Waals surface area contributed by atoms with Crippen molar-refractivity contribution in [1.82, 2.24) is 4.98 Å². The van der Waals surface area contributed by atoms with E-state index in [2.05, 4.69) is 44.0 Å². The van der Waals surface area contributed by atoms with Crippen molar-refractivity contribution in [2.45, 2.75) is 20.8 Å². The van der Waals surface area contributed by atoms with Crippen molar-refractivity contribution < 1.29 is 0 Å². The Hall–Kier alpha value is -1.83. The molecule has 1 aromatic heterocycles. The van der Waals surface area contributed by atoms with E-state index in [-0.39, 0.29) is 0 Å². The number of benzene rings is 1. The molecule has 1 heterocycles. The zero-order valence-electron chi connectivity index (χ0n) is 9.91. The molecule has 0 saturated carbocycles. The molecule has 0 aliphatic heterocycles. The van der Waals surface area contributed by atoms with E-state index in [1.807, 2.05) is 12.3 Å². The molecule has 0 aliphatic carbocycles. The minimum atomic E-state index is 0.575. The topological polar surface area (TPSA) is 38.9 Å². The lowest BCUT2D eigenvalue weighted by molar-refractivity contribution is 1.29. The summed E-state index contributed by atoms with van der Waals surface area (Å²) in [4.78, 5) is 4.15. The van der Waals surface area contributed by atoms with Gasteiger partial charge in [0.15, 0.2) is 0 Å². The van der Waals surface area contributed by atoms with E-state index in [4.69, 9.17) is 5.73 Å². The monoisotopic (exact) mass is 212 g/mol. The molecule has 0 saturated heterocycles. The van der Waals surface area contributed by atoms with Gasteiger partial charge in [0.1, 0.15) is 5.82 Å². The van der Waals surface area contributed by atoms with Crippen LogP contribution in [0.3, 0.4) is 0 Å². The molecule has 0 radical (unpaired) electrons. The van der Waals surface area contributed by atoms with E-state index in [0.29, 0.717) is 5.82 Å². The number of nitrogens with zero attached hydrogens (tertiary/aromatic N) is 1. The van der Waals surface area contributed by atoms with E-state index in [1.54, 1.807) is 0 Å². The summed E-state index contributed by atoms with van der Waals surface area (Å²) in [6.45, 7) is 6.28. The van der Waals surface area contributed by atoms with Gasteiger partial charge in [-0.1, -0.05) is 29.3 Å². The van der Waals surface area contributed by atoms with Crippen molar-refractivity contribution in [3.63, 3.8) is 0 Å². The first-order valence-electron chi connectivity index (χ1n) is 5.37. The molecule has 0 amide bonds. The number of rotatable bonds is 1. The first kappa shape index (κ1) is 10.7. The van der Waals surface area contributed by atoms with Gasteiger partial charge in [0.05, 0.1) is 0 Å². The first-order valence-corrected chi connectivity index (χ1v) is 5.37. The van der Waals surface area contributed by atoms with Crippen molar-refractivity contribution in [2.24, 2.45) is 0 Å². The van der Waals surface area contributed by atoms with Crippen LogP contribution in [0.25, 0.3) is 11.1 Å². The quantitative estimate of drug-likeness (QED) is 0.788. The molecule has 82 valence electrons. The normalized spacial score (nSPS) is 10.4. The van der Waals surface area contributed by atoms with Crippen LogP contribution in [-0.4, -0.2) is 4.98 Å². The second-order valence-electron chi connectivity index (χ2n) is 4.30. The van der Waals surface area contributed by atoms with Crippen molar-refractivity contribution in [3.05, 3.63) is 47.2 Å². The van der Waals surface area contributed by atoms with Crippen molar-refractivity contribution in [3.8, 4) is 11.1 Å². The Bertz CT molecular complexity index is 510. The summed E-state index contributed by atoms with van der Waals surface area (Å²) in [5.74, 6) is 0.575. The zero-order valence-corrected chi connectivity index (χ0v) is 9.91. The standard InChI is InChI=1S/C14H16N2/c1-9-4-10(2)6-12(5-9)13-8-16-14(15)7-11(13)3/h4-8H,1-3H3,(H2,15,16). The fourth-order valence-electron chi connectivity index (χ4n) is 2.01. The van der Waals surface area contributed by atoms with Crippen molar-refractivity contribution in [1.29, 1.82) is 0 Å². The molecule has 16 heavy (non-hydrogen) atoms. The molecule has 1 aromatic carbocycles. The Morgan fingerprint density at radius 3 is 2.12 bits per heavy atom. The lowest BCUT2D eigenvalue weighted by atomic mass is 9.99. The lowest BCUT2D eigenvalue weighted by Crippen LogP contribution is -1.93. The van der Waals surface area contributed by atoms with Gasteiger partial charge in [-0.3, -0.25) is 0 Å². The molecule has 2 heteroatoms. The van der Waals surface area contributed by atoms with Crippen LogP contribution in [0.5, 0.6) is 0 Å². The molecule has 0 atom stereocenters. The van der Waals surface area contributed by atoms with E-state index in [0.717, 1.165) is 11.1 Å². The van der Waals surface area contributed by atoms with Crippen LogP contribution < -0.4 is 5.73 Å². The largest absolute Gasteiger partial charge is 0.384 e. The van der Waals surface area contributed by atoms with E-state index >= 15 is 0 Å². The third-order valence-electron chi connectivity index (χ3n) is 2.66. The number of hydrogen-bond donors (Lipinski definition) is 1. The number of pyridine rings is 1. The van der Waals surface area contributed by atoms with Crippen LogP contribution in [0.4, 0.5) is 5.82 Å². The SMILES string of the molecule is Cc1cc(C)cc(-c2cnc(N)cc2C)c1. The highest BCUT2D eigenvalue weighted by atomic mass is 14.8. The van der Waals surface area contributed by atoms with Crippen LogP contribution in [-0.2, 0) is 0 Å². The van der Waals surface area contributed by atoms with Gasteiger partial charge in [-0.05, 0) is 38.0 Å². The summed E-state index contributed by atoms with van der Waals surface area (Å²) in [7, 11) is 0. The molecule has 0 bridgehead atoms. The predicted molar refractivity (Wildman–Crippen MR) is 68.3 cm³/mol. The second-order valence-corrected chi connectivity index (χ2v) is 4.30. The predicted octanol–water partition coefficient (Wildman–Crippen LogP) is 3.26. The molecule has 0 unspecified atom stereocenters. The Morgan fingerprint density at radius 2 is 1.56 bits per heavy atom. The van der Waals surface area contributed by atoms with Crippen LogP contribution in [0.1, 0.15) is 16.7 Å². The van der Waals surface area contributed by atoms with Gasteiger partial charge < -0.3 is 5.73 Å². The molecule has 2 nitrogen and oxygen atoms in total. The molecular weight excluding hydrogens is 196 g/mol. The molecule has 2 N–H and O–H groups in total. The fourth-order valence-corrected chi connectivity index (χ4v) is 2.01. The smallest absolute Gasteiger partial charge is 0.123 e. The van der Waals surface area contributed by atoms with Gasteiger partial charge in [0.2, 0.25) is 0 Å². The maximum absolute atomic E-state index is 5.65. The number of anilines is 1. The highest BCUT2D eigenvalue weighted by molar-refractivity contribution is 5.68. The number of nitrogens with two attached hydrogens (primary N) is 1. The van der Waals surface area contributed by atoms with Crippen molar-refractivity contribution in [2.75, 3.05) is 5.73 Å². The minimum absolute atomic E-state index is 0.575. The summed E-state index contributed by atoms with van der Waals surface area (Å²) in [5, 5.41) is 0. The summed E-state index contributed by atoms with van der Waals surface area (Å²) in [6.07, 6.45) is 1.85. The molecule has 0 aliphatic rings. The van der Waals surface area contributed by atoms with Crippen LogP contribution in [0.2, 0.25) is 0 Å². The van der Waals surface area contributed by atoms with Gasteiger partial charge in [0, 0.05) is 11.8 Å². The number of nitrogen functional groups attached to an aromatic ring is 1. The number of hydrogen-bond acceptors (Lipinski definition) is 2. The first-order chi connectivity index (χ1) is 7.56. The molecular formula is C14H16N2. The van der Waals surface area contributed by atoms with Crippen LogP contribution >= 0.6 is 0 Å². The van der Waals surface area contributed by atoms with Crippen LogP contribution in [0, 0.1) is 20.8 Å². The lowest BCUT2D eigenvalue weighted by Gasteiger charge is -2.08. The fraction of sp³-hybridized carbons (Fsp3) is 0.214. The molecule has 2 aromatic rings. The van der Waals surface area contributed by atoms with Gasteiger partial charge in [-0.15, -0.1) is 0 Å². The molecule has 0 spiro atoms. The van der Waals surface area contributed by atoms with Gasteiger partial charge >= 0.3 is 0 Å². The summed E-state index contributed by atoms with van der Waals surface area (Å²) in [6, 6.07) is 8.43. The van der Waals surface area contributed by atoms with Gasteiger partial charge in [-0.2, -0.15) is 0 Å². The highest BCUT2D eigenvalue weighted by Crippen LogP contribution is 2.25. The average Bonchev–Trinajstić information content (AvgIpc) is 2.15. The van der Waals surface area contributed by atoms with Gasteiger partial charge in [-0.25, -0.2) is 4.98 Å². The Kier molecular flexibility index (Phi) is 2.65. The van der Waals surface area contributed by atoms with E-state index in [9.17, 15) is 0 Å².